The van der Waals surface area contributed by atoms with Gasteiger partial charge < -0.3 is 25.4 Å². The van der Waals surface area contributed by atoms with Gasteiger partial charge in [0.2, 0.25) is 5.91 Å². The van der Waals surface area contributed by atoms with Crippen molar-refractivity contribution in [2.45, 2.75) is 12.2 Å². The van der Waals surface area contributed by atoms with Crippen molar-refractivity contribution in [3.8, 4) is 5.75 Å². The van der Waals surface area contributed by atoms with Crippen LogP contribution in [0.1, 0.15) is 11.7 Å². The second-order valence-electron chi connectivity index (χ2n) is 3.70. The van der Waals surface area contributed by atoms with Crippen LogP contribution in [0.3, 0.4) is 0 Å². The van der Waals surface area contributed by atoms with Crippen molar-refractivity contribution in [2.75, 3.05) is 20.3 Å². The standard InChI is InChI=1S/C12H17NO5/c1-17-6-7-18-9-4-2-8(3-5-9)10(14)11(15)12(13)16/h2-5,10-11,14-15H,6-7H2,1H3,(H2,13,16). The van der Waals surface area contributed by atoms with Gasteiger partial charge in [-0.2, -0.15) is 0 Å². The van der Waals surface area contributed by atoms with Gasteiger partial charge in [-0.05, 0) is 17.7 Å². The first kappa shape index (κ1) is 14.4. The van der Waals surface area contributed by atoms with E-state index in [1.165, 1.54) is 0 Å². The monoisotopic (exact) mass is 255 g/mol. The third-order valence-corrected chi connectivity index (χ3v) is 2.37. The van der Waals surface area contributed by atoms with E-state index in [0.717, 1.165) is 0 Å². The minimum atomic E-state index is -1.62. The third kappa shape index (κ3) is 3.99. The normalized spacial score (nSPS) is 13.9. The molecule has 6 heteroatoms. The Kier molecular flexibility index (Phi) is 5.57. The largest absolute Gasteiger partial charge is 0.491 e. The van der Waals surface area contributed by atoms with Crippen LogP contribution in [0.5, 0.6) is 5.75 Å². The quantitative estimate of drug-likeness (QED) is 0.575. The molecule has 0 aliphatic carbocycles. The molecule has 4 N–H and O–H groups in total. The lowest BCUT2D eigenvalue weighted by atomic mass is 10.0. The first-order chi connectivity index (χ1) is 8.56. The van der Waals surface area contributed by atoms with Crippen LogP contribution in [0.4, 0.5) is 0 Å². The smallest absolute Gasteiger partial charge is 0.249 e. The highest BCUT2D eigenvalue weighted by molar-refractivity contribution is 5.79. The van der Waals surface area contributed by atoms with Crippen LogP contribution in [-0.4, -0.2) is 42.5 Å². The molecular weight excluding hydrogens is 238 g/mol. The second kappa shape index (κ2) is 6.95. The van der Waals surface area contributed by atoms with Crippen LogP contribution in [0.25, 0.3) is 0 Å². The highest BCUT2D eigenvalue weighted by atomic mass is 16.5. The summed E-state index contributed by atoms with van der Waals surface area (Å²) in [6, 6.07) is 6.36. The number of benzene rings is 1. The van der Waals surface area contributed by atoms with Crippen molar-refractivity contribution < 1.29 is 24.5 Å². The Hall–Kier alpha value is -1.63. The molecule has 0 spiro atoms. The summed E-state index contributed by atoms with van der Waals surface area (Å²) in [5.41, 5.74) is 5.29. The van der Waals surface area contributed by atoms with Crippen molar-refractivity contribution in [3.63, 3.8) is 0 Å². The minimum absolute atomic E-state index is 0.389. The van der Waals surface area contributed by atoms with Crippen molar-refractivity contribution in [3.05, 3.63) is 29.8 Å². The number of carbonyl (C=O) groups excluding carboxylic acids is 1. The minimum Gasteiger partial charge on any atom is -0.491 e. The maximum Gasteiger partial charge on any atom is 0.249 e. The van der Waals surface area contributed by atoms with E-state index in [4.69, 9.17) is 15.2 Å². The van der Waals surface area contributed by atoms with Crippen molar-refractivity contribution in [1.82, 2.24) is 0 Å². The average molecular weight is 255 g/mol. The molecule has 18 heavy (non-hydrogen) atoms. The Morgan fingerprint density at radius 3 is 2.39 bits per heavy atom. The summed E-state index contributed by atoms with van der Waals surface area (Å²) in [6.07, 6.45) is -2.96. The molecule has 6 nitrogen and oxygen atoms in total. The first-order valence-corrected chi connectivity index (χ1v) is 5.43. The fourth-order valence-electron chi connectivity index (χ4n) is 1.34. The molecule has 1 aromatic carbocycles. The fourth-order valence-corrected chi connectivity index (χ4v) is 1.34. The van der Waals surface area contributed by atoms with Crippen LogP contribution in [0, 0.1) is 0 Å². The lowest BCUT2D eigenvalue weighted by Gasteiger charge is -2.15. The molecule has 0 aromatic heterocycles. The zero-order valence-corrected chi connectivity index (χ0v) is 10.1. The zero-order chi connectivity index (χ0) is 13.5. The maximum absolute atomic E-state index is 10.7. The summed E-state index contributed by atoms with van der Waals surface area (Å²) in [5, 5.41) is 19.0. The summed E-state index contributed by atoms with van der Waals surface area (Å²) in [5.74, 6) is -0.362. The highest BCUT2D eigenvalue weighted by Gasteiger charge is 2.23. The van der Waals surface area contributed by atoms with E-state index in [0.29, 0.717) is 24.5 Å². The molecule has 1 rings (SSSR count). The molecule has 100 valence electrons. The van der Waals surface area contributed by atoms with Gasteiger partial charge in [0.15, 0.2) is 6.10 Å². The van der Waals surface area contributed by atoms with Gasteiger partial charge in [0.25, 0.3) is 0 Å². The number of aliphatic hydroxyl groups is 2. The lowest BCUT2D eigenvalue weighted by Crippen LogP contribution is -2.33. The summed E-state index contributed by atoms with van der Waals surface area (Å²) in [4.78, 5) is 10.7. The van der Waals surface area contributed by atoms with Crippen LogP contribution in [0.2, 0.25) is 0 Å². The predicted molar refractivity (Wildman–Crippen MR) is 64.0 cm³/mol. The molecule has 1 aromatic rings. The van der Waals surface area contributed by atoms with Gasteiger partial charge in [0.05, 0.1) is 6.61 Å². The first-order valence-electron chi connectivity index (χ1n) is 5.43. The van der Waals surface area contributed by atoms with E-state index in [-0.39, 0.29) is 0 Å². The molecule has 1 amide bonds. The van der Waals surface area contributed by atoms with Gasteiger partial charge in [-0.3, -0.25) is 4.79 Å². The van der Waals surface area contributed by atoms with Crippen LogP contribution in [0.15, 0.2) is 24.3 Å². The summed E-state index contributed by atoms with van der Waals surface area (Å²) >= 11 is 0. The topological polar surface area (TPSA) is 102 Å². The fraction of sp³-hybridized carbons (Fsp3) is 0.417. The molecule has 0 aliphatic rings. The number of ether oxygens (including phenoxy) is 2. The number of aliphatic hydroxyl groups excluding tert-OH is 2. The number of hydrogen-bond donors (Lipinski definition) is 3. The lowest BCUT2D eigenvalue weighted by molar-refractivity contribution is -0.131. The third-order valence-electron chi connectivity index (χ3n) is 2.37. The number of methoxy groups -OCH3 is 1. The summed E-state index contributed by atoms with van der Waals surface area (Å²) in [6.45, 7) is 0.896. The van der Waals surface area contributed by atoms with Crippen molar-refractivity contribution in [1.29, 1.82) is 0 Å². The number of carbonyl (C=O) groups is 1. The predicted octanol–water partition coefficient (Wildman–Crippen LogP) is -0.409. The summed E-state index contributed by atoms with van der Waals surface area (Å²) in [7, 11) is 1.58. The van der Waals surface area contributed by atoms with Gasteiger partial charge in [-0.15, -0.1) is 0 Å². The van der Waals surface area contributed by atoms with E-state index in [2.05, 4.69) is 0 Å². The van der Waals surface area contributed by atoms with E-state index in [9.17, 15) is 15.0 Å². The number of amides is 1. The van der Waals surface area contributed by atoms with Gasteiger partial charge >= 0.3 is 0 Å². The van der Waals surface area contributed by atoms with Gasteiger partial charge in [-0.25, -0.2) is 0 Å². The van der Waals surface area contributed by atoms with Gasteiger partial charge in [0.1, 0.15) is 18.5 Å². The Morgan fingerprint density at radius 2 is 1.89 bits per heavy atom. The molecule has 0 radical (unpaired) electrons. The molecular formula is C12H17NO5. The Balaban J connectivity index is 2.61. The molecule has 2 atom stereocenters. The second-order valence-corrected chi connectivity index (χ2v) is 3.70. The SMILES string of the molecule is COCCOc1ccc(C(O)C(O)C(N)=O)cc1. The molecule has 0 heterocycles. The van der Waals surface area contributed by atoms with Gasteiger partial charge in [0, 0.05) is 7.11 Å². The average Bonchev–Trinajstić information content (AvgIpc) is 2.38. The van der Waals surface area contributed by atoms with E-state index >= 15 is 0 Å². The molecule has 0 aliphatic heterocycles. The molecule has 0 fully saturated rings. The van der Waals surface area contributed by atoms with E-state index in [1.54, 1.807) is 31.4 Å². The number of primary amides is 1. The number of hydrogen-bond acceptors (Lipinski definition) is 5. The molecule has 0 saturated heterocycles. The molecule has 0 bridgehead atoms. The number of rotatable bonds is 7. The Morgan fingerprint density at radius 1 is 1.28 bits per heavy atom. The van der Waals surface area contributed by atoms with Crippen molar-refractivity contribution in [2.24, 2.45) is 5.73 Å². The zero-order valence-electron chi connectivity index (χ0n) is 10.1. The van der Waals surface area contributed by atoms with E-state index < -0.39 is 18.1 Å². The van der Waals surface area contributed by atoms with Crippen molar-refractivity contribution >= 4 is 5.91 Å². The summed E-state index contributed by atoms with van der Waals surface area (Å²) < 4.78 is 10.2. The number of nitrogens with two attached hydrogens (primary N) is 1. The molecule has 2 unspecified atom stereocenters. The van der Waals surface area contributed by atoms with Crippen LogP contribution in [-0.2, 0) is 9.53 Å². The van der Waals surface area contributed by atoms with E-state index in [1.807, 2.05) is 0 Å². The van der Waals surface area contributed by atoms with Gasteiger partial charge in [-0.1, -0.05) is 12.1 Å². The highest BCUT2D eigenvalue weighted by Crippen LogP contribution is 2.20. The Bertz CT molecular complexity index is 379. The van der Waals surface area contributed by atoms with Crippen LogP contribution < -0.4 is 10.5 Å². The Labute approximate surface area is 105 Å². The van der Waals surface area contributed by atoms with Crippen LogP contribution >= 0.6 is 0 Å². The maximum atomic E-state index is 10.7. The molecule has 0 saturated carbocycles.